The van der Waals surface area contributed by atoms with E-state index in [4.69, 9.17) is 4.74 Å². The maximum atomic E-state index is 5.61. The van der Waals surface area contributed by atoms with Gasteiger partial charge in [0.2, 0.25) is 5.13 Å². The normalized spacial score (nSPS) is 10.9. The number of aryl methyl sites for hydroxylation is 1. The van der Waals surface area contributed by atoms with Crippen LogP contribution in [0.25, 0.3) is 0 Å². The first-order chi connectivity index (χ1) is 9.78. The number of nitrogens with zero attached hydrogens (tertiary/aromatic N) is 2. The van der Waals surface area contributed by atoms with E-state index in [1.54, 1.807) is 17.6 Å². The van der Waals surface area contributed by atoms with Crippen LogP contribution in [-0.2, 0) is 0 Å². The van der Waals surface area contributed by atoms with E-state index >= 15 is 0 Å². The van der Waals surface area contributed by atoms with Crippen molar-refractivity contribution in [3.8, 4) is 5.75 Å². The summed E-state index contributed by atoms with van der Waals surface area (Å²) < 4.78 is 5.61. The van der Waals surface area contributed by atoms with E-state index in [0.29, 0.717) is 0 Å². The number of anilines is 1. The average Bonchev–Trinajstić information content (AvgIpc) is 2.87. The van der Waals surface area contributed by atoms with Gasteiger partial charge in [-0.05, 0) is 43.2 Å². The molecule has 5 heteroatoms. The topological polar surface area (TPSA) is 46.5 Å². The molecule has 0 atom stereocenters. The number of thiazole rings is 1. The van der Waals surface area contributed by atoms with Gasteiger partial charge in [-0.3, -0.25) is 5.43 Å². The molecule has 0 unspecified atom stereocenters. The molecular formula is C15H19N3OS. The van der Waals surface area contributed by atoms with Crippen LogP contribution in [-0.4, -0.2) is 17.8 Å². The second-order valence-corrected chi connectivity index (χ2v) is 5.29. The van der Waals surface area contributed by atoms with Crippen LogP contribution in [0.4, 0.5) is 5.13 Å². The number of unbranched alkanes of at least 4 members (excludes halogenated alkanes) is 1. The van der Waals surface area contributed by atoms with Crippen LogP contribution in [0.1, 0.15) is 31.0 Å². The van der Waals surface area contributed by atoms with Gasteiger partial charge in [0, 0.05) is 5.38 Å². The largest absolute Gasteiger partial charge is 0.494 e. The number of nitrogens with one attached hydrogen (secondary N) is 1. The molecule has 0 radical (unpaired) electrons. The van der Waals surface area contributed by atoms with Crippen molar-refractivity contribution in [2.75, 3.05) is 12.0 Å². The van der Waals surface area contributed by atoms with E-state index in [2.05, 4.69) is 22.4 Å². The van der Waals surface area contributed by atoms with Crippen LogP contribution >= 0.6 is 11.3 Å². The monoisotopic (exact) mass is 289 g/mol. The summed E-state index contributed by atoms with van der Waals surface area (Å²) in [5.41, 5.74) is 4.94. The van der Waals surface area contributed by atoms with Gasteiger partial charge < -0.3 is 4.74 Å². The molecule has 0 aliphatic heterocycles. The summed E-state index contributed by atoms with van der Waals surface area (Å²) in [7, 11) is 0. The lowest BCUT2D eigenvalue weighted by Crippen LogP contribution is -1.96. The van der Waals surface area contributed by atoms with Crippen molar-refractivity contribution in [2.45, 2.75) is 26.7 Å². The average molecular weight is 289 g/mol. The lowest BCUT2D eigenvalue weighted by Gasteiger charge is -2.04. The van der Waals surface area contributed by atoms with E-state index in [1.807, 2.05) is 36.6 Å². The molecule has 0 spiro atoms. The van der Waals surface area contributed by atoms with Crippen molar-refractivity contribution in [2.24, 2.45) is 5.10 Å². The van der Waals surface area contributed by atoms with E-state index in [-0.39, 0.29) is 0 Å². The van der Waals surface area contributed by atoms with Gasteiger partial charge in [-0.2, -0.15) is 5.10 Å². The van der Waals surface area contributed by atoms with Gasteiger partial charge in [0.15, 0.2) is 0 Å². The Hall–Kier alpha value is -1.88. The van der Waals surface area contributed by atoms with Gasteiger partial charge in [0.25, 0.3) is 0 Å². The van der Waals surface area contributed by atoms with Crippen molar-refractivity contribution in [3.05, 3.63) is 40.9 Å². The Morgan fingerprint density at radius 2 is 2.15 bits per heavy atom. The van der Waals surface area contributed by atoms with E-state index < -0.39 is 0 Å². The predicted octanol–water partition coefficient (Wildman–Crippen LogP) is 4.08. The highest BCUT2D eigenvalue weighted by Crippen LogP contribution is 2.14. The molecule has 4 nitrogen and oxygen atoms in total. The van der Waals surface area contributed by atoms with Gasteiger partial charge in [0.1, 0.15) is 5.75 Å². The van der Waals surface area contributed by atoms with Crippen molar-refractivity contribution in [1.82, 2.24) is 4.98 Å². The molecule has 2 aromatic rings. The van der Waals surface area contributed by atoms with Crippen molar-refractivity contribution >= 4 is 22.7 Å². The van der Waals surface area contributed by atoms with Crippen molar-refractivity contribution < 1.29 is 4.74 Å². The van der Waals surface area contributed by atoms with Gasteiger partial charge in [-0.1, -0.05) is 13.3 Å². The first kappa shape index (κ1) is 14.5. The summed E-state index contributed by atoms with van der Waals surface area (Å²) in [6, 6.07) is 7.90. The molecule has 1 heterocycles. The molecule has 1 aromatic heterocycles. The fourth-order valence-electron chi connectivity index (χ4n) is 1.55. The fourth-order valence-corrected chi connectivity index (χ4v) is 2.19. The third-order valence-corrected chi connectivity index (χ3v) is 3.50. The summed E-state index contributed by atoms with van der Waals surface area (Å²) in [4.78, 5) is 4.27. The molecule has 1 aromatic carbocycles. The molecule has 0 saturated heterocycles. The molecular weight excluding hydrogens is 270 g/mol. The van der Waals surface area contributed by atoms with Crippen LogP contribution in [0.5, 0.6) is 5.75 Å². The zero-order valence-corrected chi connectivity index (χ0v) is 12.6. The SMILES string of the molecule is CCCCOc1ccc(/C=N\Nc2nc(C)cs2)cc1. The number of hydrogen-bond acceptors (Lipinski definition) is 5. The highest BCUT2D eigenvalue weighted by atomic mass is 32.1. The Balaban J connectivity index is 1.83. The molecule has 1 N–H and O–H groups in total. The summed E-state index contributed by atoms with van der Waals surface area (Å²) in [6.07, 6.45) is 4.00. The van der Waals surface area contributed by atoms with Crippen LogP contribution in [0.15, 0.2) is 34.7 Å². The maximum absolute atomic E-state index is 5.61. The number of ether oxygens (including phenoxy) is 1. The van der Waals surface area contributed by atoms with Crippen LogP contribution < -0.4 is 10.2 Å². The van der Waals surface area contributed by atoms with E-state index in [1.165, 1.54) is 0 Å². The fraction of sp³-hybridized carbons (Fsp3) is 0.333. The molecule has 0 fully saturated rings. The van der Waals surface area contributed by atoms with Crippen LogP contribution in [0, 0.1) is 6.92 Å². The van der Waals surface area contributed by atoms with Crippen molar-refractivity contribution in [3.63, 3.8) is 0 Å². The van der Waals surface area contributed by atoms with Crippen molar-refractivity contribution in [1.29, 1.82) is 0 Å². The summed E-state index contributed by atoms with van der Waals surface area (Å²) in [6.45, 7) is 4.89. The molecule has 0 amide bonds. The number of rotatable bonds is 7. The predicted molar refractivity (Wildman–Crippen MR) is 84.9 cm³/mol. The molecule has 0 aliphatic rings. The summed E-state index contributed by atoms with van der Waals surface area (Å²) in [5.74, 6) is 0.902. The van der Waals surface area contributed by atoms with Gasteiger partial charge in [-0.25, -0.2) is 4.98 Å². The second kappa shape index (κ2) is 7.65. The molecule has 0 bridgehead atoms. The number of aromatic nitrogens is 1. The minimum Gasteiger partial charge on any atom is -0.494 e. The lowest BCUT2D eigenvalue weighted by molar-refractivity contribution is 0.309. The Bertz CT molecular complexity index is 549. The maximum Gasteiger partial charge on any atom is 0.203 e. The van der Waals surface area contributed by atoms with Crippen LogP contribution in [0.3, 0.4) is 0 Å². The first-order valence-electron chi connectivity index (χ1n) is 6.72. The lowest BCUT2D eigenvalue weighted by atomic mass is 10.2. The zero-order chi connectivity index (χ0) is 14.2. The standard InChI is InChI=1S/C15H19N3OS/c1-3-4-9-19-14-7-5-13(6-8-14)10-16-18-15-17-12(2)11-20-15/h5-8,10-11H,3-4,9H2,1-2H3,(H,17,18)/b16-10-. The number of hydrogen-bond donors (Lipinski definition) is 1. The third kappa shape index (κ3) is 4.66. The van der Waals surface area contributed by atoms with Gasteiger partial charge in [-0.15, -0.1) is 11.3 Å². The van der Waals surface area contributed by atoms with Gasteiger partial charge >= 0.3 is 0 Å². The Morgan fingerprint density at radius 1 is 1.35 bits per heavy atom. The first-order valence-corrected chi connectivity index (χ1v) is 7.60. The van der Waals surface area contributed by atoms with Gasteiger partial charge in [0.05, 0.1) is 18.5 Å². The minimum absolute atomic E-state index is 0.773. The Labute approximate surface area is 123 Å². The summed E-state index contributed by atoms with van der Waals surface area (Å²) in [5, 5.41) is 6.95. The third-order valence-electron chi connectivity index (χ3n) is 2.64. The second-order valence-electron chi connectivity index (χ2n) is 4.44. The van der Waals surface area contributed by atoms with E-state index in [0.717, 1.165) is 41.6 Å². The Morgan fingerprint density at radius 3 is 2.80 bits per heavy atom. The molecule has 20 heavy (non-hydrogen) atoms. The Kier molecular flexibility index (Phi) is 5.55. The zero-order valence-electron chi connectivity index (χ0n) is 11.8. The molecule has 0 saturated carbocycles. The number of benzene rings is 1. The highest BCUT2D eigenvalue weighted by molar-refractivity contribution is 7.13. The molecule has 106 valence electrons. The smallest absolute Gasteiger partial charge is 0.203 e. The highest BCUT2D eigenvalue weighted by Gasteiger charge is 1.96. The molecule has 0 aliphatic carbocycles. The molecule has 2 rings (SSSR count). The summed E-state index contributed by atoms with van der Waals surface area (Å²) >= 11 is 1.54. The minimum atomic E-state index is 0.773. The van der Waals surface area contributed by atoms with Crippen LogP contribution in [0.2, 0.25) is 0 Å². The van der Waals surface area contributed by atoms with E-state index in [9.17, 15) is 0 Å². The quantitative estimate of drug-likeness (QED) is 0.474. The number of hydrazone groups is 1.